The lowest BCUT2D eigenvalue weighted by molar-refractivity contribution is -0.131. The normalized spacial score (nSPS) is 11.7. The van der Waals surface area contributed by atoms with Gasteiger partial charge in [-0.15, -0.1) is 5.10 Å². The van der Waals surface area contributed by atoms with Crippen molar-refractivity contribution in [2.45, 2.75) is 4.90 Å². The number of aryl methyl sites for hydroxylation is 1. The number of tetrazole rings is 1. The summed E-state index contributed by atoms with van der Waals surface area (Å²) in [5, 5.41) is 19.3. The summed E-state index contributed by atoms with van der Waals surface area (Å²) in [4.78, 5) is 11.5. The van der Waals surface area contributed by atoms with E-state index >= 15 is 0 Å². The Hall–Kier alpha value is -2.75. The molecule has 2 N–H and O–H groups in total. The van der Waals surface area contributed by atoms with E-state index < -0.39 is 16.0 Å². The highest BCUT2D eigenvalue weighted by Gasteiger charge is 2.16. The van der Waals surface area contributed by atoms with Crippen LogP contribution in [-0.4, -0.2) is 39.7 Å². The quantitative estimate of drug-likeness (QED) is 0.750. The van der Waals surface area contributed by atoms with Crippen LogP contribution in [0.2, 0.25) is 0 Å². The van der Waals surface area contributed by atoms with E-state index in [-0.39, 0.29) is 10.8 Å². The highest BCUT2D eigenvalue weighted by atomic mass is 32.2. The minimum absolute atomic E-state index is 0.0394. The number of hydrogen-bond donors (Lipinski definition) is 2. The van der Waals surface area contributed by atoms with Crippen LogP contribution < -0.4 is 4.72 Å². The average molecular weight is 309 g/mol. The third-order valence-electron chi connectivity index (χ3n) is 2.32. The number of nitrogens with zero attached hydrogens (tertiary/aromatic N) is 4. The number of aromatic nitrogens is 4. The zero-order valence-corrected chi connectivity index (χ0v) is 11.6. The van der Waals surface area contributed by atoms with Gasteiger partial charge in [0.1, 0.15) is 0 Å². The molecular weight excluding hydrogens is 298 g/mol. The Bertz CT molecular complexity index is 796. The number of sulfonamides is 1. The van der Waals surface area contributed by atoms with Crippen molar-refractivity contribution >= 4 is 28.0 Å². The second-order valence-corrected chi connectivity index (χ2v) is 5.63. The van der Waals surface area contributed by atoms with Gasteiger partial charge in [0.25, 0.3) is 16.0 Å². The summed E-state index contributed by atoms with van der Waals surface area (Å²) < 4.78 is 26.4. The Morgan fingerprint density at radius 3 is 2.81 bits per heavy atom. The van der Waals surface area contributed by atoms with Crippen molar-refractivity contribution in [2.24, 2.45) is 7.05 Å². The van der Waals surface area contributed by atoms with Gasteiger partial charge in [0, 0.05) is 6.08 Å². The van der Waals surface area contributed by atoms with Crippen LogP contribution >= 0.6 is 0 Å². The molecule has 1 heterocycles. The molecule has 2 rings (SSSR count). The first-order valence-corrected chi connectivity index (χ1v) is 7.13. The molecule has 0 aliphatic heterocycles. The Morgan fingerprint density at radius 1 is 1.43 bits per heavy atom. The van der Waals surface area contributed by atoms with Gasteiger partial charge in [-0.1, -0.05) is 17.2 Å². The standard InChI is InChI=1S/C11H11N5O4S/c1-16-13-11(12-15-16)14-21(19,20)9-4-2-3-8(7-9)5-6-10(17)18/h2-7H,1H3,(H,13,14)(H,17,18)/b6-5+. The molecule has 0 bridgehead atoms. The molecule has 0 atom stereocenters. The molecule has 0 aliphatic carbocycles. The van der Waals surface area contributed by atoms with Crippen molar-refractivity contribution < 1.29 is 18.3 Å². The smallest absolute Gasteiger partial charge is 0.328 e. The summed E-state index contributed by atoms with van der Waals surface area (Å²) in [5.41, 5.74) is 0.437. The third-order valence-corrected chi connectivity index (χ3v) is 3.65. The molecule has 10 heteroatoms. The van der Waals surface area contributed by atoms with Crippen molar-refractivity contribution in [3.63, 3.8) is 0 Å². The van der Waals surface area contributed by atoms with Gasteiger partial charge in [-0.2, -0.15) is 4.80 Å². The molecule has 110 valence electrons. The molecule has 0 radical (unpaired) electrons. The van der Waals surface area contributed by atoms with Crippen molar-refractivity contribution in [2.75, 3.05) is 4.72 Å². The Balaban J connectivity index is 2.27. The number of anilines is 1. The van der Waals surface area contributed by atoms with Crippen LogP contribution in [0.25, 0.3) is 6.08 Å². The SMILES string of the molecule is Cn1nnc(NS(=O)(=O)c2cccc(/C=C/C(=O)O)c2)n1. The van der Waals surface area contributed by atoms with E-state index in [4.69, 9.17) is 5.11 Å². The van der Waals surface area contributed by atoms with Crippen molar-refractivity contribution in [1.82, 2.24) is 20.2 Å². The zero-order valence-electron chi connectivity index (χ0n) is 10.8. The number of rotatable bonds is 5. The first-order chi connectivity index (χ1) is 9.87. The molecule has 0 unspecified atom stereocenters. The topological polar surface area (TPSA) is 127 Å². The predicted molar refractivity (Wildman–Crippen MR) is 72.7 cm³/mol. The maximum Gasteiger partial charge on any atom is 0.328 e. The Morgan fingerprint density at radius 2 is 2.19 bits per heavy atom. The molecule has 0 amide bonds. The van der Waals surface area contributed by atoms with E-state index in [2.05, 4.69) is 20.1 Å². The van der Waals surface area contributed by atoms with Crippen molar-refractivity contribution in [3.8, 4) is 0 Å². The Kier molecular flexibility index (Phi) is 3.98. The van der Waals surface area contributed by atoms with E-state index in [1.807, 2.05) is 0 Å². The second kappa shape index (κ2) is 5.71. The number of carbonyl (C=O) groups is 1. The van der Waals surface area contributed by atoms with Gasteiger partial charge in [-0.05, 0) is 29.0 Å². The lowest BCUT2D eigenvalue weighted by atomic mass is 10.2. The maximum absolute atomic E-state index is 12.1. The fraction of sp³-hybridized carbons (Fsp3) is 0.0909. The summed E-state index contributed by atoms with van der Waals surface area (Å²) in [6.07, 6.45) is 2.21. The molecule has 2 aromatic rings. The molecule has 0 saturated heterocycles. The predicted octanol–water partition coefficient (Wildman–Crippen LogP) is 0.109. The summed E-state index contributed by atoms with van der Waals surface area (Å²) >= 11 is 0. The zero-order chi connectivity index (χ0) is 15.5. The van der Waals surface area contributed by atoms with Gasteiger partial charge >= 0.3 is 5.97 Å². The summed E-state index contributed by atoms with van der Waals surface area (Å²) in [5.74, 6) is -1.27. The number of carboxylic acids is 1. The fourth-order valence-corrected chi connectivity index (χ4v) is 2.45. The number of carboxylic acid groups (broad SMARTS) is 1. The van der Waals surface area contributed by atoms with E-state index in [0.29, 0.717) is 5.56 Å². The van der Waals surface area contributed by atoms with Crippen molar-refractivity contribution in [1.29, 1.82) is 0 Å². The third kappa shape index (κ3) is 3.86. The molecule has 1 aromatic carbocycles. The minimum atomic E-state index is -3.87. The first kappa shape index (κ1) is 14.7. The van der Waals surface area contributed by atoms with E-state index in [9.17, 15) is 13.2 Å². The van der Waals surface area contributed by atoms with Crippen molar-refractivity contribution in [3.05, 3.63) is 35.9 Å². The summed E-state index contributed by atoms with van der Waals surface area (Å²) in [6, 6.07) is 5.79. The van der Waals surface area contributed by atoms with Crippen LogP contribution in [-0.2, 0) is 21.9 Å². The lowest BCUT2D eigenvalue weighted by Crippen LogP contribution is -2.14. The average Bonchev–Trinajstić information content (AvgIpc) is 2.81. The highest BCUT2D eigenvalue weighted by Crippen LogP contribution is 2.15. The molecule has 0 fully saturated rings. The van der Waals surface area contributed by atoms with Crippen LogP contribution in [0.4, 0.5) is 5.95 Å². The molecule has 1 aromatic heterocycles. The van der Waals surface area contributed by atoms with E-state index in [0.717, 1.165) is 10.9 Å². The fourth-order valence-electron chi connectivity index (χ4n) is 1.46. The summed E-state index contributed by atoms with van der Waals surface area (Å²) in [6.45, 7) is 0. The molecular formula is C11H11N5O4S. The second-order valence-electron chi connectivity index (χ2n) is 3.95. The number of nitrogens with one attached hydrogen (secondary N) is 1. The number of hydrogen-bond acceptors (Lipinski definition) is 6. The van der Waals surface area contributed by atoms with Crippen LogP contribution in [0, 0.1) is 0 Å². The van der Waals surface area contributed by atoms with Gasteiger partial charge < -0.3 is 5.11 Å². The highest BCUT2D eigenvalue weighted by molar-refractivity contribution is 7.92. The largest absolute Gasteiger partial charge is 0.478 e. The lowest BCUT2D eigenvalue weighted by Gasteiger charge is -2.04. The van der Waals surface area contributed by atoms with Gasteiger partial charge in [-0.3, -0.25) is 0 Å². The van der Waals surface area contributed by atoms with Gasteiger partial charge in [-0.25, -0.2) is 17.9 Å². The molecule has 21 heavy (non-hydrogen) atoms. The van der Waals surface area contributed by atoms with Gasteiger partial charge in [0.05, 0.1) is 11.9 Å². The van der Waals surface area contributed by atoms with Crippen LogP contribution in [0.5, 0.6) is 0 Å². The molecule has 9 nitrogen and oxygen atoms in total. The molecule has 0 saturated carbocycles. The monoisotopic (exact) mass is 309 g/mol. The van der Waals surface area contributed by atoms with E-state index in [1.54, 1.807) is 6.07 Å². The van der Waals surface area contributed by atoms with E-state index in [1.165, 1.54) is 31.3 Å². The van der Waals surface area contributed by atoms with Gasteiger partial charge in [0.2, 0.25) is 0 Å². The van der Waals surface area contributed by atoms with Crippen LogP contribution in [0.1, 0.15) is 5.56 Å². The Labute approximate surface area is 120 Å². The number of aliphatic carboxylic acids is 1. The molecule has 0 aliphatic rings. The molecule has 0 spiro atoms. The number of benzene rings is 1. The summed E-state index contributed by atoms with van der Waals surface area (Å²) in [7, 11) is -2.37. The first-order valence-electron chi connectivity index (χ1n) is 5.65. The van der Waals surface area contributed by atoms with Crippen LogP contribution in [0.15, 0.2) is 35.2 Å². The van der Waals surface area contributed by atoms with Crippen LogP contribution in [0.3, 0.4) is 0 Å². The van der Waals surface area contributed by atoms with Gasteiger partial charge in [0.15, 0.2) is 0 Å². The maximum atomic E-state index is 12.1. The minimum Gasteiger partial charge on any atom is -0.478 e.